The lowest BCUT2D eigenvalue weighted by molar-refractivity contribution is -0.133. The number of nitrogens with zero attached hydrogens (tertiary/aromatic N) is 7. The molecule has 4 heterocycles. The van der Waals surface area contributed by atoms with Crippen molar-refractivity contribution in [1.29, 1.82) is 0 Å². The number of piperazine rings is 1. The zero-order valence-corrected chi connectivity index (χ0v) is 20.4. The van der Waals surface area contributed by atoms with Crippen molar-refractivity contribution in [3.05, 3.63) is 65.6 Å². The fraction of sp³-hybridized carbons (Fsp3) is 0.385. The predicted molar refractivity (Wildman–Crippen MR) is 132 cm³/mol. The molecule has 1 fully saturated rings. The average molecular weight is 494 g/mol. The number of fused-ring (bicyclic) bond motifs is 1. The SMILES string of the molecule is CCn1cc(CN2CCN(C(=O)Cn3nc(C)c4c(C(F)F)cc(-c5ccccc5)nc43)CC2)cn1. The smallest absolute Gasteiger partial charge is 0.264 e. The van der Waals surface area contributed by atoms with E-state index in [2.05, 4.69) is 27.0 Å². The third-order valence-electron chi connectivity index (χ3n) is 6.64. The summed E-state index contributed by atoms with van der Waals surface area (Å²) < 4.78 is 31.4. The van der Waals surface area contributed by atoms with E-state index < -0.39 is 6.43 Å². The molecule has 1 saturated heterocycles. The van der Waals surface area contributed by atoms with Gasteiger partial charge >= 0.3 is 0 Å². The van der Waals surface area contributed by atoms with E-state index in [0.29, 0.717) is 35.5 Å². The minimum absolute atomic E-state index is 0.0401. The Balaban J connectivity index is 1.33. The molecule has 0 bridgehead atoms. The molecular formula is C26H29F2N7O. The first-order chi connectivity index (χ1) is 17.4. The van der Waals surface area contributed by atoms with Crippen molar-refractivity contribution in [2.45, 2.75) is 39.9 Å². The number of rotatable bonds is 7. The van der Waals surface area contributed by atoms with E-state index in [1.54, 1.807) is 6.92 Å². The van der Waals surface area contributed by atoms with Crippen LogP contribution < -0.4 is 0 Å². The fourth-order valence-corrected chi connectivity index (χ4v) is 4.73. The summed E-state index contributed by atoms with van der Waals surface area (Å²) in [6.45, 7) is 8.05. The van der Waals surface area contributed by atoms with Gasteiger partial charge in [0, 0.05) is 62.2 Å². The van der Waals surface area contributed by atoms with Gasteiger partial charge in [-0.05, 0) is 19.9 Å². The van der Waals surface area contributed by atoms with Gasteiger partial charge in [0.1, 0.15) is 6.54 Å². The maximum Gasteiger partial charge on any atom is 0.264 e. The number of hydrogen-bond acceptors (Lipinski definition) is 5. The second kappa shape index (κ2) is 10.1. The van der Waals surface area contributed by atoms with E-state index in [1.165, 1.54) is 10.7 Å². The van der Waals surface area contributed by atoms with Gasteiger partial charge in [-0.25, -0.2) is 18.4 Å². The number of amides is 1. The fourth-order valence-electron chi connectivity index (χ4n) is 4.73. The highest BCUT2D eigenvalue weighted by Crippen LogP contribution is 2.33. The molecule has 0 N–H and O–H groups in total. The summed E-state index contributed by atoms with van der Waals surface area (Å²) in [5, 5.41) is 9.07. The van der Waals surface area contributed by atoms with Crippen LogP contribution in [0.2, 0.25) is 0 Å². The van der Waals surface area contributed by atoms with Crippen molar-refractivity contribution in [3.8, 4) is 11.3 Å². The van der Waals surface area contributed by atoms with Crippen molar-refractivity contribution in [1.82, 2.24) is 34.3 Å². The number of pyridine rings is 1. The Labute approximate surface area is 208 Å². The van der Waals surface area contributed by atoms with Crippen LogP contribution in [0.4, 0.5) is 8.78 Å². The molecule has 10 heteroatoms. The molecule has 1 amide bonds. The molecule has 4 aromatic rings. The summed E-state index contributed by atoms with van der Waals surface area (Å²) in [5.74, 6) is -0.0941. The summed E-state index contributed by atoms with van der Waals surface area (Å²) in [5.41, 5.74) is 2.97. The predicted octanol–water partition coefficient (Wildman–Crippen LogP) is 3.91. The maximum absolute atomic E-state index is 14.0. The van der Waals surface area contributed by atoms with Gasteiger partial charge in [-0.2, -0.15) is 10.2 Å². The molecule has 1 aliphatic rings. The van der Waals surface area contributed by atoms with Crippen LogP contribution in [0, 0.1) is 6.92 Å². The quantitative estimate of drug-likeness (QED) is 0.391. The van der Waals surface area contributed by atoms with Gasteiger partial charge in [0.05, 0.1) is 23.0 Å². The van der Waals surface area contributed by atoms with Crippen LogP contribution in [0.5, 0.6) is 0 Å². The molecule has 0 aliphatic carbocycles. The average Bonchev–Trinajstić information content (AvgIpc) is 3.48. The standard InChI is InChI=1S/C26H29F2N7O/c1-3-34-16-19(14-29-34)15-32-9-11-33(12-10-32)23(36)17-35-26-24(18(2)31-35)21(25(27)28)13-22(30-26)20-7-5-4-6-8-20/h4-8,13-14,16,25H,3,9-12,15,17H2,1-2H3. The highest BCUT2D eigenvalue weighted by molar-refractivity contribution is 5.87. The minimum atomic E-state index is -2.68. The number of aryl methyl sites for hydroxylation is 2. The molecule has 0 unspecified atom stereocenters. The Bertz CT molecular complexity index is 1360. The van der Waals surface area contributed by atoms with Crippen molar-refractivity contribution in [2.24, 2.45) is 0 Å². The molecule has 1 aromatic carbocycles. The van der Waals surface area contributed by atoms with Gasteiger partial charge in [-0.3, -0.25) is 14.4 Å². The van der Waals surface area contributed by atoms with Crippen molar-refractivity contribution in [3.63, 3.8) is 0 Å². The minimum Gasteiger partial charge on any atom is -0.339 e. The van der Waals surface area contributed by atoms with Crippen LogP contribution in [0.25, 0.3) is 22.3 Å². The van der Waals surface area contributed by atoms with E-state index in [0.717, 1.165) is 37.3 Å². The van der Waals surface area contributed by atoms with E-state index in [4.69, 9.17) is 0 Å². The molecule has 8 nitrogen and oxygen atoms in total. The Morgan fingerprint density at radius 1 is 1.11 bits per heavy atom. The first-order valence-corrected chi connectivity index (χ1v) is 12.2. The number of benzene rings is 1. The summed E-state index contributed by atoms with van der Waals surface area (Å²) in [7, 11) is 0. The first kappa shape index (κ1) is 24.1. The third kappa shape index (κ3) is 4.86. The second-order valence-electron chi connectivity index (χ2n) is 9.07. The van der Waals surface area contributed by atoms with E-state index in [-0.39, 0.29) is 18.0 Å². The maximum atomic E-state index is 14.0. The number of hydrogen-bond donors (Lipinski definition) is 0. The molecule has 0 radical (unpaired) electrons. The van der Waals surface area contributed by atoms with Gasteiger partial charge < -0.3 is 4.90 Å². The van der Waals surface area contributed by atoms with Gasteiger partial charge in [0.2, 0.25) is 5.91 Å². The molecule has 1 aliphatic heterocycles. The summed E-state index contributed by atoms with van der Waals surface area (Å²) >= 11 is 0. The third-order valence-corrected chi connectivity index (χ3v) is 6.64. The van der Waals surface area contributed by atoms with E-state index in [9.17, 15) is 13.6 Å². The zero-order chi connectivity index (χ0) is 25.2. The molecule has 5 rings (SSSR count). The van der Waals surface area contributed by atoms with Gasteiger partial charge in [-0.15, -0.1) is 0 Å². The lowest BCUT2D eigenvalue weighted by Gasteiger charge is -2.34. The Morgan fingerprint density at radius 2 is 1.86 bits per heavy atom. The van der Waals surface area contributed by atoms with Crippen LogP contribution in [0.3, 0.4) is 0 Å². The first-order valence-electron chi connectivity index (χ1n) is 12.2. The molecular weight excluding hydrogens is 464 g/mol. The van der Waals surface area contributed by atoms with Crippen molar-refractivity contribution >= 4 is 16.9 Å². The highest BCUT2D eigenvalue weighted by Gasteiger charge is 2.25. The zero-order valence-electron chi connectivity index (χ0n) is 20.4. The second-order valence-corrected chi connectivity index (χ2v) is 9.07. The number of alkyl halides is 2. The molecule has 36 heavy (non-hydrogen) atoms. The van der Waals surface area contributed by atoms with Crippen molar-refractivity contribution < 1.29 is 13.6 Å². The number of carbonyl (C=O) groups is 1. The Kier molecular flexibility index (Phi) is 6.77. The summed E-state index contributed by atoms with van der Waals surface area (Å²) in [4.78, 5) is 21.9. The van der Waals surface area contributed by atoms with Crippen LogP contribution >= 0.6 is 0 Å². The normalized spacial score (nSPS) is 14.8. The topological polar surface area (TPSA) is 72.1 Å². The van der Waals surface area contributed by atoms with Gasteiger partial charge in [0.25, 0.3) is 6.43 Å². The molecule has 0 saturated carbocycles. The van der Waals surface area contributed by atoms with Crippen LogP contribution in [-0.4, -0.2) is 66.4 Å². The largest absolute Gasteiger partial charge is 0.339 e. The lowest BCUT2D eigenvalue weighted by atomic mass is 10.1. The molecule has 0 atom stereocenters. The van der Waals surface area contributed by atoms with Gasteiger partial charge in [0.15, 0.2) is 5.65 Å². The monoisotopic (exact) mass is 493 g/mol. The van der Waals surface area contributed by atoms with E-state index >= 15 is 0 Å². The Morgan fingerprint density at radius 3 is 2.53 bits per heavy atom. The number of aromatic nitrogens is 5. The van der Waals surface area contributed by atoms with Crippen LogP contribution in [0.15, 0.2) is 48.8 Å². The van der Waals surface area contributed by atoms with Gasteiger partial charge in [-0.1, -0.05) is 30.3 Å². The Hall–Kier alpha value is -3.66. The highest BCUT2D eigenvalue weighted by atomic mass is 19.3. The molecule has 0 spiro atoms. The number of halogens is 2. The molecule has 188 valence electrons. The summed E-state index contributed by atoms with van der Waals surface area (Å²) in [6.07, 6.45) is 1.26. The van der Waals surface area contributed by atoms with Crippen molar-refractivity contribution in [2.75, 3.05) is 26.2 Å². The number of carbonyl (C=O) groups excluding carboxylic acids is 1. The lowest BCUT2D eigenvalue weighted by Crippen LogP contribution is -2.49. The molecule has 3 aromatic heterocycles. The van der Waals surface area contributed by atoms with Crippen LogP contribution in [-0.2, 0) is 24.4 Å². The van der Waals surface area contributed by atoms with Crippen LogP contribution in [0.1, 0.15) is 30.2 Å². The van der Waals surface area contributed by atoms with E-state index in [1.807, 2.05) is 52.3 Å². The summed E-state index contributed by atoms with van der Waals surface area (Å²) in [6, 6.07) is 10.6.